The minimum absolute atomic E-state index is 0.166. The van der Waals surface area contributed by atoms with Gasteiger partial charge in [0.05, 0.1) is 25.7 Å². The maximum absolute atomic E-state index is 14.0. The lowest BCUT2D eigenvalue weighted by Crippen LogP contribution is -2.37. The number of aromatic nitrogens is 1. The van der Waals surface area contributed by atoms with E-state index >= 15 is 0 Å². The maximum Gasteiger partial charge on any atom is 0.260 e. The molecule has 0 atom stereocenters. The van der Waals surface area contributed by atoms with Crippen molar-refractivity contribution in [3.05, 3.63) is 77.9 Å². The van der Waals surface area contributed by atoms with Crippen LogP contribution in [0.15, 0.2) is 71.6 Å². The lowest BCUT2D eigenvalue weighted by atomic mass is 10.1. The Labute approximate surface area is 246 Å². The van der Waals surface area contributed by atoms with Crippen LogP contribution in [0.4, 0.5) is 5.13 Å². The number of fused-ring (bicyclic) bond motifs is 1. The summed E-state index contributed by atoms with van der Waals surface area (Å²) in [7, 11) is -0.551. The lowest BCUT2D eigenvalue weighted by molar-refractivity contribution is 0.0985. The third-order valence-electron chi connectivity index (χ3n) is 6.44. The van der Waals surface area contributed by atoms with Gasteiger partial charge in [-0.25, -0.2) is 13.4 Å². The number of rotatable bonds is 12. The molecule has 1 heterocycles. The number of ether oxygens (including phenoxy) is 2. The fourth-order valence-electron chi connectivity index (χ4n) is 4.54. The van der Waals surface area contributed by atoms with E-state index in [1.54, 1.807) is 37.3 Å². The van der Waals surface area contributed by atoms with Crippen LogP contribution in [0.25, 0.3) is 10.2 Å². The average molecular weight is 596 g/mol. The second-order valence-corrected chi connectivity index (χ2v) is 13.6. The fraction of sp³-hybridized carbons (Fsp3) is 0.355. The van der Waals surface area contributed by atoms with Crippen molar-refractivity contribution >= 4 is 42.6 Å². The van der Waals surface area contributed by atoms with Crippen LogP contribution >= 0.6 is 11.3 Å². The van der Waals surface area contributed by atoms with Gasteiger partial charge < -0.3 is 9.47 Å². The normalized spacial score (nSPS) is 11.9. The van der Waals surface area contributed by atoms with E-state index in [-0.39, 0.29) is 29.2 Å². The van der Waals surface area contributed by atoms with Crippen LogP contribution in [0, 0.1) is 11.8 Å². The Morgan fingerprint density at radius 1 is 0.854 bits per heavy atom. The zero-order valence-electron chi connectivity index (χ0n) is 24.3. The number of anilines is 1. The monoisotopic (exact) mass is 595 g/mol. The van der Waals surface area contributed by atoms with Gasteiger partial charge in [0.1, 0.15) is 21.7 Å². The van der Waals surface area contributed by atoms with Crippen molar-refractivity contribution < 1.29 is 22.7 Å². The van der Waals surface area contributed by atoms with Crippen molar-refractivity contribution in [3.63, 3.8) is 0 Å². The predicted octanol–water partition coefficient (Wildman–Crippen LogP) is 6.46. The van der Waals surface area contributed by atoms with Gasteiger partial charge in [0.2, 0.25) is 10.0 Å². The molecule has 0 spiro atoms. The van der Waals surface area contributed by atoms with Crippen molar-refractivity contribution in [2.45, 2.75) is 39.1 Å². The number of hydrogen-bond donors (Lipinski definition) is 0. The molecule has 1 aromatic heterocycles. The van der Waals surface area contributed by atoms with Gasteiger partial charge in [0.15, 0.2) is 5.13 Å². The lowest BCUT2D eigenvalue weighted by Gasteiger charge is -2.26. The Bertz CT molecular complexity index is 1530. The second-order valence-electron chi connectivity index (χ2n) is 10.7. The molecule has 1 amide bonds. The van der Waals surface area contributed by atoms with Crippen LogP contribution in [0.1, 0.15) is 43.6 Å². The Morgan fingerprint density at radius 2 is 1.44 bits per heavy atom. The van der Waals surface area contributed by atoms with Crippen molar-refractivity contribution in [2.75, 3.05) is 32.2 Å². The second kappa shape index (κ2) is 13.0. The third-order valence-corrected chi connectivity index (χ3v) is 9.37. The first-order valence-electron chi connectivity index (χ1n) is 13.5. The number of amides is 1. The predicted molar refractivity (Wildman–Crippen MR) is 165 cm³/mol. The molecule has 0 saturated carbocycles. The average Bonchev–Trinajstić information content (AvgIpc) is 3.40. The van der Waals surface area contributed by atoms with Crippen LogP contribution in [-0.2, 0) is 16.6 Å². The summed E-state index contributed by atoms with van der Waals surface area (Å²) >= 11 is 1.34. The summed E-state index contributed by atoms with van der Waals surface area (Å²) in [6.07, 6.45) is 0. The smallest absolute Gasteiger partial charge is 0.260 e. The number of thiazole rings is 1. The Kier molecular flexibility index (Phi) is 9.68. The number of sulfonamides is 1. The Hall–Kier alpha value is -3.47. The number of nitrogens with zero attached hydrogens (tertiary/aromatic N) is 3. The van der Waals surface area contributed by atoms with E-state index in [9.17, 15) is 13.2 Å². The Morgan fingerprint density at radius 3 is 2.00 bits per heavy atom. The van der Waals surface area contributed by atoms with Crippen LogP contribution in [0.2, 0.25) is 0 Å². The highest BCUT2D eigenvalue weighted by atomic mass is 32.2. The molecule has 4 aromatic rings. The molecule has 0 N–H and O–H groups in total. The number of methoxy groups -OCH3 is 2. The molecule has 3 aromatic carbocycles. The minimum Gasteiger partial charge on any atom is -0.495 e. The van der Waals surface area contributed by atoms with Gasteiger partial charge >= 0.3 is 0 Å². The molecule has 0 aliphatic rings. The molecular weight excluding hydrogens is 558 g/mol. The minimum atomic E-state index is -3.72. The van der Waals surface area contributed by atoms with Crippen LogP contribution < -0.4 is 14.4 Å². The SMILES string of the molecule is COc1ccc(OC)c2sc(N(Cc3ccccc3)C(=O)c3ccc(S(=O)(=O)N(CC(C)C)CC(C)C)cc3)nc12. The largest absolute Gasteiger partial charge is 0.495 e. The first-order chi connectivity index (χ1) is 19.5. The van der Waals surface area contributed by atoms with E-state index in [4.69, 9.17) is 14.5 Å². The molecule has 0 radical (unpaired) electrons. The van der Waals surface area contributed by atoms with Gasteiger partial charge in [-0.2, -0.15) is 4.31 Å². The molecule has 218 valence electrons. The number of benzene rings is 3. The quantitative estimate of drug-likeness (QED) is 0.187. The van der Waals surface area contributed by atoms with E-state index in [0.29, 0.717) is 40.8 Å². The summed E-state index contributed by atoms with van der Waals surface area (Å²) in [5.41, 5.74) is 1.89. The van der Waals surface area contributed by atoms with Gasteiger partial charge in [-0.1, -0.05) is 69.4 Å². The van der Waals surface area contributed by atoms with Crippen molar-refractivity contribution in [3.8, 4) is 11.5 Å². The van der Waals surface area contributed by atoms with Crippen LogP contribution in [0.3, 0.4) is 0 Å². The van der Waals surface area contributed by atoms with E-state index in [1.807, 2.05) is 64.1 Å². The molecule has 0 unspecified atom stereocenters. The van der Waals surface area contributed by atoms with Crippen molar-refractivity contribution in [1.82, 2.24) is 9.29 Å². The first kappa shape index (κ1) is 30.5. The van der Waals surface area contributed by atoms with Gasteiger partial charge in [-0.05, 0) is 53.8 Å². The van der Waals surface area contributed by atoms with Crippen LogP contribution in [0.5, 0.6) is 11.5 Å². The summed E-state index contributed by atoms with van der Waals surface area (Å²) in [6.45, 7) is 9.13. The molecular formula is C31H37N3O5S2. The number of hydrogen-bond acceptors (Lipinski definition) is 7. The van der Waals surface area contributed by atoms with E-state index < -0.39 is 10.0 Å². The summed E-state index contributed by atoms with van der Waals surface area (Å²) in [5, 5.41) is 0.480. The highest BCUT2D eigenvalue weighted by Crippen LogP contribution is 2.40. The summed E-state index contributed by atoms with van der Waals surface area (Å²) < 4.78 is 40.4. The Balaban J connectivity index is 1.72. The van der Waals surface area contributed by atoms with Gasteiger partial charge in [-0.3, -0.25) is 9.69 Å². The van der Waals surface area contributed by atoms with Crippen molar-refractivity contribution in [2.24, 2.45) is 11.8 Å². The fourth-order valence-corrected chi connectivity index (χ4v) is 7.38. The van der Waals surface area contributed by atoms with Gasteiger partial charge in [-0.15, -0.1) is 0 Å². The maximum atomic E-state index is 14.0. The molecule has 4 rings (SSSR count). The molecule has 0 aliphatic carbocycles. The van der Waals surface area contributed by atoms with Crippen molar-refractivity contribution in [1.29, 1.82) is 0 Å². The van der Waals surface area contributed by atoms with E-state index in [0.717, 1.165) is 10.3 Å². The molecule has 0 aliphatic heterocycles. The van der Waals surface area contributed by atoms with Gasteiger partial charge in [0.25, 0.3) is 5.91 Å². The summed E-state index contributed by atoms with van der Waals surface area (Å²) in [5.74, 6) is 1.29. The highest BCUT2D eigenvalue weighted by Gasteiger charge is 2.28. The standard InChI is InChI=1S/C31H37N3O5S2/c1-21(2)18-33(19-22(3)4)41(36,37)25-14-12-24(13-15-25)30(35)34(20-23-10-8-7-9-11-23)31-32-28-26(38-5)16-17-27(39-6)29(28)40-31/h7-17,21-22H,18-20H2,1-6H3. The molecule has 0 bridgehead atoms. The zero-order chi connectivity index (χ0) is 29.7. The van der Waals surface area contributed by atoms with Crippen LogP contribution in [-0.4, -0.2) is 50.9 Å². The molecule has 0 saturated heterocycles. The molecule has 10 heteroatoms. The molecule has 8 nitrogen and oxygen atoms in total. The topological polar surface area (TPSA) is 89.0 Å². The van der Waals surface area contributed by atoms with E-state index in [1.165, 1.54) is 27.8 Å². The first-order valence-corrected chi connectivity index (χ1v) is 15.8. The third kappa shape index (κ3) is 6.89. The number of carbonyl (C=O) groups excluding carboxylic acids is 1. The molecule has 41 heavy (non-hydrogen) atoms. The number of carbonyl (C=O) groups is 1. The van der Waals surface area contributed by atoms with Gasteiger partial charge in [0, 0.05) is 18.7 Å². The van der Waals surface area contributed by atoms with E-state index in [2.05, 4.69) is 0 Å². The molecule has 0 fully saturated rings. The zero-order valence-corrected chi connectivity index (χ0v) is 26.0. The highest BCUT2D eigenvalue weighted by molar-refractivity contribution is 7.89. The summed E-state index contributed by atoms with van der Waals surface area (Å²) in [4.78, 5) is 20.5. The summed E-state index contributed by atoms with van der Waals surface area (Å²) in [6, 6.07) is 19.4.